The molecule has 2 aliphatic heterocycles. The Morgan fingerprint density at radius 2 is 2.26 bits per heavy atom. The summed E-state index contributed by atoms with van der Waals surface area (Å²) in [4.78, 5) is 31.1. The first-order chi connectivity index (χ1) is 11.2. The van der Waals surface area contributed by atoms with Gasteiger partial charge in [0.1, 0.15) is 11.8 Å². The van der Waals surface area contributed by atoms with Gasteiger partial charge in [0.15, 0.2) is 5.92 Å². The van der Waals surface area contributed by atoms with E-state index in [1.807, 2.05) is 4.90 Å². The minimum absolute atomic E-state index is 0.202. The van der Waals surface area contributed by atoms with Crippen LogP contribution in [0, 0.1) is 5.92 Å². The fourth-order valence-corrected chi connectivity index (χ4v) is 2.66. The molecule has 0 aromatic carbocycles. The Kier molecular flexibility index (Phi) is 4.61. The largest absolute Gasteiger partial charge is 0.467 e. The van der Waals surface area contributed by atoms with E-state index in [0.29, 0.717) is 38.0 Å². The molecule has 8 nitrogen and oxygen atoms in total. The highest BCUT2D eigenvalue weighted by Gasteiger charge is 2.43. The van der Waals surface area contributed by atoms with Gasteiger partial charge < -0.3 is 18.8 Å². The van der Waals surface area contributed by atoms with Crippen molar-refractivity contribution in [3.63, 3.8) is 0 Å². The number of carbonyl (C=O) groups excluding carboxylic acids is 2. The quantitative estimate of drug-likeness (QED) is 0.636. The molecule has 0 spiro atoms. The monoisotopic (exact) mass is 321 g/mol. The predicted molar refractivity (Wildman–Crippen MR) is 79.5 cm³/mol. The van der Waals surface area contributed by atoms with E-state index in [4.69, 9.17) is 13.9 Å². The summed E-state index contributed by atoms with van der Waals surface area (Å²) < 4.78 is 15.7. The third kappa shape index (κ3) is 3.21. The lowest BCUT2D eigenvalue weighted by Crippen LogP contribution is -2.55. The molecule has 1 N–H and O–H groups in total. The normalized spacial score (nSPS) is 24.8. The summed E-state index contributed by atoms with van der Waals surface area (Å²) in [5.41, 5.74) is 0. The van der Waals surface area contributed by atoms with Crippen molar-refractivity contribution >= 4 is 17.8 Å². The van der Waals surface area contributed by atoms with E-state index in [1.165, 1.54) is 6.26 Å². The van der Waals surface area contributed by atoms with E-state index in [1.54, 1.807) is 19.1 Å². The molecule has 1 aromatic rings. The summed E-state index contributed by atoms with van der Waals surface area (Å²) in [6.07, 6.45) is 1.49. The van der Waals surface area contributed by atoms with E-state index in [9.17, 15) is 9.59 Å². The number of morpholine rings is 1. The van der Waals surface area contributed by atoms with Crippen molar-refractivity contribution in [2.45, 2.75) is 13.0 Å². The standard InChI is InChI=1S/C15H19N3O5/c1-2-22-14(20)11-12(10-4-3-7-23-10)16-15(17-13(11)19)18-5-8-21-9-6-18/h3-4,7,11-12H,2,5-6,8-9H2,1H3,(H,16,17,19)/t11-,12-/m0/s1. The van der Waals surface area contributed by atoms with Crippen molar-refractivity contribution in [3.05, 3.63) is 24.2 Å². The summed E-state index contributed by atoms with van der Waals surface area (Å²) in [6, 6.07) is 2.68. The van der Waals surface area contributed by atoms with Gasteiger partial charge in [-0.2, -0.15) is 0 Å². The molecular formula is C15H19N3O5. The highest BCUT2D eigenvalue weighted by Crippen LogP contribution is 2.31. The summed E-state index contributed by atoms with van der Waals surface area (Å²) >= 11 is 0. The van der Waals surface area contributed by atoms with Crippen LogP contribution in [-0.4, -0.2) is 55.6 Å². The van der Waals surface area contributed by atoms with Crippen LogP contribution in [0.5, 0.6) is 0 Å². The van der Waals surface area contributed by atoms with E-state index in [2.05, 4.69) is 10.3 Å². The zero-order valence-electron chi connectivity index (χ0n) is 12.9. The van der Waals surface area contributed by atoms with Crippen molar-refractivity contribution < 1.29 is 23.5 Å². The fourth-order valence-electron chi connectivity index (χ4n) is 2.66. The van der Waals surface area contributed by atoms with Crippen LogP contribution in [0.4, 0.5) is 0 Å². The topological polar surface area (TPSA) is 93.4 Å². The molecule has 0 unspecified atom stereocenters. The molecule has 1 saturated heterocycles. The van der Waals surface area contributed by atoms with Crippen LogP contribution < -0.4 is 5.32 Å². The number of rotatable bonds is 3. The molecule has 3 rings (SSSR count). The van der Waals surface area contributed by atoms with E-state index >= 15 is 0 Å². The summed E-state index contributed by atoms with van der Waals surface area (Å²) in [6.45, 7) is 4.31. The maximum absolute atomic E-state index is 12.5. The van der Waals surface area contributed by atoms with Crippen LogP contribution in [0.1, 0.15) is 18.7 Å². The average molecular weight is 321 g/mol. The Labute approximate surface area is 133 Å². The molecule has 0 saturated carbocycles. The minimum Gasteiger partial charge on any atom is -0.467 e. The lowest BCUT2D eigenvalue weighted by molar-refractivity contribution is -0.153. The SMILES string of the molecule is CCOC(=O)[C@@H]1C(=O)NC(N2CCOCC2)=N[C@H]1c1ccco1. The highest BCUT2D eigenvalue weighted by atomic mass is 16.5. The Morgan fingerprint density at radius 3 is 2.91 bits per heavy atom. The lowest BCUT2D eigenvalue weighted by atomic mass is 9.95. The maximum Gasteiger partial charge on any atom is 0.321 e. The van der Waals surface area contributed by atoms with Gasteiger partial charge in [-0.3, -0.25) is 14.9 Å². The fraction of sp³-hybridized carbons (Fsp3) is 0.533. The van der Waals surface area contributed by atoms with E-state index < -0.39 is 23.8 Å². The highest BCUT2D eigenvalue weighted by molar-refractivity contribution is 6.08. The van der Waals surface area contributed by atoms with Gasteiger partial charge >= 0.3 is 5.97 Å². The number of nitrogens with one attached hydrogen (secondary N) is 1. The van der Waals surface area contributed by atoms with Gasteiger partial charge in [0.05, 0.1) is 26.1 Å². The van der Waals surface area contributed by atoms with Gasteiger partial charge in [-0.25, -0.2) is 4.99 Å². The molecule has 8 heteroatoms. The Hall–Kier alpha value is -2.35. The summed E-state index contributed by atoms with van der Waals surface area (Å²) in [7, 11) is 0. The number of hydrogen-bond donors (Lipinski definition) is 1. The second-order valence-electron chi connectivity index (χ2n) is 5.23. The zero-order valence-corrected chi connectivity index (χ0v) is 12.9. The van der Waals surface area contributed by atoms with Crippen molar-refractivity contribution in [1.29, 1.82) is 0 Å². The van der Waals surface area contributed by atoms with Crippen LogP contribution in [0.15, 0.2) is 27.8 Å². The van der Waals surface area contributed by atoms with Gasteiger partial charge in [-0.1, -0.05) is 0 Å². The van der Waals surface area contributed by atoms with Gasteiger partial charge in [0, 0.05) is 13.1 Å². The number of furan rings is 1. The van der Waals surface area contributed by atoms with Gasteiger partial charge in [0.2, 0.25) is 11.9 Å². The van der Waals surface area contributed by atoms with Crippen molar-refractivity contribution in [1.82, 2.24) is 10.2 Å². The Balaban J connectivity index is 1.91. The van der Waals surface area contributed by atoms with Crippen molar-refractivity contribution in [2.75, 3.05) is 32.9 Å². The molecule has 0 bridgehead atoms. The molecule has 1 amide bonds. The van der Waals surface area contributed by atoms with Gasteiger partial charge in [-0.05, 0) is 19.1 Å². The second-order valence-corrected chi connectivity index (χ2v) is 5.23. The zero-order chi connectivity index (χ0) is 16.2. The molecule has 0 radical (unpaired) electrons. The second kappa shape index (κ2) is 6.82. The number of hydrogen-bond acceptors (Lipinski definition) is 7. The Bertz CT molecular complexity index is 592. The third-order valence-corrected chi connectivity index (χ3v) is 3.78. The number of ether oxygens (including phenoxy) is 2. The first-order valence-electron chi connectivity index (χ1n) is 7.62. The van der Waals surface area contributed by atoms with Gasteiger partial charge in [-0.15, -0.1) is 0 Å². The predicted octanol–water partition coefficient (Wildman–Crippen LogP) is 0.318. The van der Waals surface area contributed by atoms with Crippen LogP contribution in [0.2, 0.25) is 0 Å². The molecule has 1 aromatic heterocycles. The number of nitrogens with zero attached hydrogens (tertiary/aromatic N) is 2. The van der Waals surface area contributed by atoms with E-state index in [0.717, 1.165) is 0 Å². The van der Waals surface area contributed by atoms with Crippen molar-refractivity contribution in [2.24, 2.45) is 10.9 Å². The molecule has 0 aliphatic carbocycles. The minimum atomic E-state index is -1.05. The molecule has 3 heterocycles. The molecule has 1 fully saturated rings. The van der Waals surface area contributed by atoms with Crippen LogP contribution in [0.3, 0.4) is 0 Å². The molecular weight excluding hydrogens is 302 g/mol. The summed E-state index contributed by atoms with van der Waals surface area (Å²) in [5.74, 6) is -1.17. The van der Waals surface area contributed by atoms with E-state index in [-0.39, 0.29) is 6.61 Å². The summed E-state index contributed by atoms with van der Waals surface area (Å²) in [5, 5.41) is 2.71. The first kappa shape index (κ1) is 15.5. The molecule has 2 aliphatic rings. The van der Waals surface area contributed by atoms with Crippen LogP contribution >= 0.6 is 0 Å². The maximum atomic E-state index is 12.5. The molecule has 124 valence electrons. The number of guanidine groups is 1. The first-order valence-corrected chi connectivity index (χ1v) is 7.62. The van der Waals surface area contributed by atoms with Gasteiger partial charge in [0.25, 0.3) is 0 Å². The smallest absolute Gasteiger partial charge is 0.321 e. The van der Waals surface area contributed by atoms with Crippen molar-refractivity contribution in [3.8, 4) is 0 Å². The Morgan fingerprint density at radius 1 is 1.48 bits per heavy atom. The number of esters is 1. The number of carbonyl (C=O) groups is 2. The number of aliphatic imine (C=N–C) groups is 1. The lowest BCUT2D eigenvalue weighted by Gasteiger charge is -2.34. The van der Waals surface area contributed by atoms with Crippen LogP contribution in [0.25, 0.3) is 0 Å². The number of amides is 1. The van der Waals surface area contributed by atoms with Crippen LogP contribution in [-0.2, 0) is 19.1 Å². The molecule has 2 atom stereocenters. The third-order valence-electron chi connectivity index (χ3n) is 3.78. The average Bonchev–Trinajstić information content (AvgIpc) is 3.09. The molecule has 23 heavy (non-hydrogen) atoms.